The average Bonchev–Trinajstić information content (AvgIpc) is 2.43. The second kappa shape index (κ2) is 7.43. The number of ether oxygens (including phenoxy) is 1. The standard InChI is InChI=1S/C14H23FN2O2/c1-9(8-18)10(2)17-13(7-16)11-4-5-14(19-3)12(15)6-11/h4-6,9-10,13,17-18H,7-8,16H2,1-3H3. The van der Waals surface area contributed by atoms with Gasteiger partial charge in [0.25, 0.3) is 0 Å². The minimum Gasteiger partial charge on any atom is -0.494 e. The van der Waals surface area contributed by atoms with Crippen molar-refractivity contribution in [3.05, 3.63) is 29.6 Å². The Kier molecular flexibility index (Phi) is 6.21. The first-order valence-electron chi connectivity index (χ1n) is 6.43. The van der Waals surface area contributed by atoms with Crippen molar-refractivity contribution in [1.29, 1.82) is 0 Å². The van der Waals surface area contributed by atoms with Crippen molar-refractivity contribution >= 4 is 0 Å². The fourth-order valence-corrected chi connectivity index (χ4v) is 1.84. The summed E-state index contributed by atoms with van der Waals surface area (Å²) in [6.07, 6.45) is 0. The maximum absolute atomic E-state index is 13.7. The number of halogens is 1. The zero-order valence-electron chi connectivity index (χ0n) is 11.7. The summed E-state index contributed by atoms with van der Waals surface area (Å²) < 4.78 is 18.6. The van der Waals surface area contributed by atoms with Gasteiger partial charge in [-0.3, -0.25) is 0 Å². The number of methoxy groups -OCH3 is 1. The van der Waals surface area contributed by atoms with Crippen LogP contribution >= 0.6 is 0 Å². The molecule has 0 heterocycles. The Balaban J connectivity index is 2.82. The minimum atomic E-state index is -0.400. The van der Waals surface area contributed by atoms with Gasteiger partial charge in [-0.25, -0.2) is 4.39 Å². The SMILES string of the molecule is COc1ccc(C(CN)NC(C)C(C)CO)cc1F. The van der Waals surface area contributed by atoms with E-state index in [1.54, 1.807) is 12.1 Å². The fourth-order valence-electron chi connectivity index (χ4n) is 1.84. The Morgan fingerprint density at radius 1 is 1.42 bits per heavy atom. The summed E-state index contributed by atoms with van der Waals surface area (Å²) in [5.74, 6) is -0.0726. The molecule has 4 nitrogen and oxygen atoms in total. The van der Waals surface area contributed by atoms with Crippen molar-refractivity contribution in [1.82, 2.24) is 5.32 Å². The molecule has 3 unspecified atom stereocenters. The monoisotopic (exact) mass is 270 g/mol. The molecule has 0 aliphatic rings. The lowest BCUT2D eigenvalue weighted by molar-refractivity contribution is 0.201. The van der Waals surface area contributed by atoms with Crippen LogP contribution in [-0.2, 0) is 0 Å². The first-order chi connectivity index (χ1) is 9.03. The lowest BCUT2D eigenvalue weighted by atomic mass is 10.0. The molecular weight excluding hydrogens is 247 g/mol. The Hall–Kier alpha value is -1.17. The molecule has 0 saturated carbocycles. The molecule has 3 atom stereocenters. The first-order valence-corrected chi connectivity index (χ1v) is 6.43. The topological polar surface area (TPSA) is 67.5 Å². The predicted molar refractivity (Wildman–Crippen MR) is 73.6 cm³/mol. The van der Waals surface area contributed by atoms with E-state index < -0.39 is 5.82 Å². The van der Waals surface area contributed by atoms with Crippen LogP contribution in [0.2, 0.25) is 0 Å². The second-order valence-corrected chi connectivity index (χ2v) is 4.80. The number of hydrogen-bond acceptors (Lipinski definition) is 4. The Bertz CT molecular complexity index is 401. The molecule has 1 aromatic carbocycles. The van der Waals surface area contributed by atoms with Gasteiger partial charge in [0.1, 0.15) is 0 Å². The third-order valence-corrected chi connectivity index (χ3v) is 3.42. The van der Waals surface area contributed by atoms with Crippen LogP contribution in [0, 0.1) is 11.7 Å². The number of hydrogen-bond donors (Lipinski definition) is 3. The van der Waals surface area contributed by atoms with Gasteiger partial charge in [0.2, 0.25) is 0 Å². The van der Waals surface area contributed by atoms with Gasteiger partial charge < -0.3 is 20.9 Å². The van der Waals surface area contributed by atoms with Gasteiger partial charge in [0.05, 0.1) is 7.11 Å². The lowest BCUT2D eigenvalue weighted by Crippen LogP contribution is -2.39. The van der Waals surface area contributed by atoms with Crippen LogP contribution in [0.1, 0.15) is 25.5 Å². The quantitative estimate of drug-likeness (QED) is 0.701. The van der Waals surface area contributed by atoms with Crippen molar-refractivity contribution in [2.75, 3.05) is 20.3 Å². The molecule has 0 radical (unpaired) electrons. The van der Waals surface area contributed by atoms with Gasteiger partial charge in [0.15, 0.2) is 11.6 Å². The van der Waals surface area contributed by atoms with Crippen LogP contribution in [0.3, 0.4) is 0 Å². The molecule has 1 aromatic rings. The molecule has 108 valence electrons. The van der Waals surface area contributed by atoms with E-state index in [1.807, 2.05) is 13.8 Å². The molecule has 0 aromatic heterocycles. The van der Waals surface area contributed by atoms with Crippen LogP contribution in [0.5, 0.6) is 5.75 Å². The zero-order chi connectivity index (χ0) is 14.4. The predicted octanol–water partition coefficient (Wildman–Crippen LogP) is 1.44. The van der Waals surface area contributed by atoms with Gasteiger partial charge in [0, 0.05) is 25.2 Å². The summed E-state index contributed by atoms with van der Waals surface area (Å²) in [5, 5.41) is 12.4. The van der Waals surface area contributed by atoms with Crippen molar-refractivity contribution in [3.63, 3.8) is 0 Å². The van der Waals surface area contributed by atoms with Gasteiger partial charge in [-0.1, -0.05) is 13.0 Å². The number of benzene rings is 1. The van der Waals surface area contributed by atoms with Crippen molar-refractivity contribution < 1.29 is 14.2 Å². The molecule has 0 saturated heterocycles. The summed E-state index contributed by atoms with van der Waals surface area (Å²) in [6.45, 7) is 4.37. The molecule has 0 fully saturated rings. The van der Waals surface area contributed by atoms with E-state index in [0.29, 0.717) is 6.54 Å². The van der Waals surface area contributed by atoms with Crippen LogP contribution in [0.25, 0.3) is 0 Å². The highest BCUT2D eigenvalue weighted by molar-refractivity contribution is 5.31. The highest BCUT2D eigenvalue weighted by atomic mass is 19.1. The molecule has 0 amide bonds. The molecule has 0 bridgehead atoms. The zero-order valence-corrected chi connectivity index (χ0v) is 11.7. The maximum Gasteiger partial charge on any atom is 0.165 e. The normalized spacial score (nSPS) is 15.9. The largest absolute Gasteiger partial charge is 0.494 e. The van der Waals surface area contributed by atoms with Gasteiger partial charge in [-0.05, 0) is 30.5 Å². The third kappa shape index (κ3) is 4.16. The maximum atomic E-state index is 13.7. The fraction of sp³-hybridized carbons (Fsp3) is 0.571. The number of nitrogens with two attached hydrogens (primary N) is 1. The van der Waals surface area contributed by atoms with Crippen molar-refractivity contribution in [3.8, 4) is 5.75 Å². The lowest BCUT2D eigenvalue weighted by Gasteiger charge is -2.26. The molecule has 19 heavy (non-hydrogen) atoms. The van der Waals surface area contributed by atoms with E-state index in [0.717, 1.165) is 5.56 Å². The number of nitrogens with one attached hydrogen (secondary N) is 1. The average molecular weight is 270 g/mol. The van der Waals surface area contributed by atoms with E-state index in [4.69, 9.17) is 15.6 Å². The van der Waals surface area contributed by atoms with Crippen molar-refractivity contribution in [2.45, 2.75) is 25.9 Å². The summed E-state index contributed by atoms with van der Waals surface area (Å²) in [5.41, 5.74) is 6.51. The number of aliphatic hydroxyl groups excluding tert-OH is 1. The van der Waals surface area contributed by atoms with E-state index >= 15 is 0 Å². The van der Waals surface area contributed by atoms with Crippen molar-refractivity contribution in [2.24, 2.45) is 11.7 Å². The molecule has 1 rings (SSSR count). The van der Waals surface area contributed by atoms with Crippen LogP contribution in [0.4, 0.5) is 4.39 Å². The molecule has 0 aliphatic heterocycles. The first kappa shape index (κ1) is 15.9. The number of aliphatic hydroxyl groups is 1. The summed E-state index contributed by atoms with van der Waals surface area (Å²) in [7, 11) is 1.43. The molecule has 0 spiro atoms. The van der Waals surface area contributed by atoms with E-state index in [9.17, 15) is 4.39 Å². The molecule has 4 N–H and O–H groups in total. The molecular formula is C14H23FN2O2. The highest BCUT2D eigenvalue weighted by Gasteiger charge is 2.18. The summed E-state index contributed by atoms with van der Waals surface area (Å²) in [4.78, 5) is 0. The number of rotatable bonds is 7. The van der Waals surface area contributed by atoms with Crippen LogP contribution in [-0.4, -0.2) is 31.4 Å². The molecule has 0 aliphatic carbocycles. The molecule has 5 heteroatoms. The Morgan fingerprint density at radius 3 is 2.58 bits per heavy atom. The van der Waals surface area contributed by atoms with Crippen LogP contribution < -0.4 is 15.8 Å². The highest BCUT2D eigenvalue weighted by Crippen LogP contribution is 2.22. The second-order valence-electron chi connectivity index (χ2n) is 4.80. The smallest absolute Gasteiger partial charge is 0.165 e. The minimum absolute atomic E-state index is 0.0868. The van der Waals surface area contributed by atoms with Crippen LogP contribution in [0.15, 0.2) is 18.2 Å². The van der Waals surface area contributed by atoms with E-state index in [1.165, 1.54) is 13.2 Å². The third-order valence-electron chi connectivity index (χ3n) is 3.42. The van der Waals surface area contributed by atoms with Gasteiger partial charge >= 0.3 is 0 Å². The van der Waals surface area contributed by atoms with Gasteiger partial charge in [-0.2, -0.15) is 0 Å². The van der Waals surface area contributed by atoms with E-state index in [-0.39, 0.29) is 30.4 Å². The summed E-state index contributed by atoms with van der Waals surface area (Å²) >= 11 is 0. The Morgan fingerprint density at radius 2 is 2.11 bits per heavy atom. The van der Waals surface area contributed by atoms with Gasteiger partial charge in [-0.15, -0.1) is 0 Å². The van der Waals surface area contributed by atoms with E-state index in [2.05, 4.69) is 5.32 Å². The summed E-state index contributed by atoms with van der Waals surface area (Å²) in [6, 6.07) is 4.76. The Labute approximate surface area is 113 Å².